The molecule has 0 fully saturated rings. The highest BCUT2D eigenvalue weighted by molar-refractivity contribution is 6.12. The summed E-state index contributed by atoms with van der Waals surface area (Å²) in [5.74, 6) is 0.693. The van der Waals surface area contributed by atoms with Gasteiger partial charge in [0.05, 0.1) is 33.5 Å². The van der Waals surface area contributed by atoms with Crippen LogP contribution in [0, 0.1) is 0 Å². The maximum atomic E-state index is 5.63. The Hall–Kier alpha value is -6.52. The fourth-order valence-electron chi connectivity index (χ4n) is 8.75. The second-order valence-corrected chi connectivity index (χ2v) is 14.2. The van der Waals surface area contributed by atoms with Crippen molar-refractivity contribution in [1.29, 1.82) is 0 Å². The first-order valence-electron chi connectivity index (χ1n) is 17.6. The van der Waals surface area contributed by atoms with Gasteiger partial charge in [0.1, 0.15) is 0 Å². The molecule has 0 unspecified atom stereocenters. The lowest BCUT2D eigenvalue weighted by molar-refractivity contribution is 0.633. The molecule has 0 saturated heterocycles. The molecule has 0 amide bonds. The van der Waals surface area contributed by atoms with Crippen LogP contribution in [0.5, 0.6) is 0 Å². The lowest BCUT2D eigenvalue weighted by atomic mass is 9.84. The monoisotopic (exact) mass is 652 g/mol. The maximum absolute atomic E-state index is 5.63. The van der Waals surface area contributed by atoms with E-state index in [-0.39, 0.29) is 5.41 Å². The SMILES string of the molecule is CC1(C)c2ccc3ccccc3c2-c2c(-c3ccc4c(c3)c3ccccc3n4-c3ccccc3)nc(-n3c4ccccc4c4ccccc43)nc21. The molecular weight excluding hydrogens is 621 g/mol. The fraction of sp³-hybridized carbons (Fsp3) is 0.0638. The molecule has 0 radical (unpaired) electrons. The Morgan fingerprint density at radius 2 is 1.02 bits per heavy atom. The van der Waals surface area contributed by atoms with E-state index in [1.807, 2.05) is 0 Å². The highest BCUT2D eigenvalue weighted by Crippen LogP contribution is 2.54. The molecule has 1 aliphatic rings. The molecule has 0 N–H and O–H groups in total. The smallest absolute Gasteiger partial charge is 0.235 e. The summed E-state index contributed by atoms with van der Waals surface area (Å²) in [5, 5.41) is 7.27. The van der Waals surface area contributed by atoms with Gasteiger partial charge in [-0.05, 0) is 64.4 Å². The highest BCUT2D eigenvalue weighted by atomic mass is 15.2. The number of nitrogens with zero attached hydrogens (tertiary/aromatic N) is 4. The number of aromatic nitrogens is 4. The molecule has 4 heteroatoms. The number of fused-ring (bicyclic) bond motifs is 11. The molecule has 240 valence electrons. The highest BCUT2D eigenvalue weighted by Gasteiger charge is 2.41. The van der Waals surface area contributed by atoms with Crippen LogP contribution in [0.25, 0.3) is 88.4 Å². The standard InChI is InChI=1S/C47H32N4/c1-47(2)37-26-24-29-14-6-7-17-32(29)42(37)43-44(48-46(49-45(43)47)51-39-22-12-8-18-33(39)34-19-9-13-23-40(34)51)30-25-27-41-36(28-30)35-20-10-11-21-38(35)50(41)31-15-4-3-5-16-31/h3-28H,1-2H3. The van der Waals surface area contributed by atoms with E-state index >= 15 is 0 Å². The van der Waals surface area contributed by atoms with E-state index in [1.54, 1.807) is 0 Å². The number of hydrogen-bond acceptors (Lipinski definition) is 2. The van der Waals surface area contributed by atoms with Crippen molar-refractivity contribution in [2.24, 2.45) is 0 Å². The number of benzene rings is 7. The Balaban J connectivity index is 1.27. The third-order valence-corrected chi connectivity index (χ3v) is 11.1. The van der Waals surface area contributed by atoms with Crippen LogP contribution in [0.3, 0.4) is 0 Å². The van der Waals surface area contributed by atoms with E-state index in [2.05, 4.69) is 181 Å². The van der Waals surface area contributed by atoms with Gasteiger partial charge in [-0.1, -0.05) is 129 Å². The largest absolute Gasteiger partial charge is 0.309 e. The fourth-order valence-corrected chi connectivity index (χ4v) is 8.75. The lowest BCUT2D eigenvalue weighted by Crippen LogP contribution is -2.18. The summed E-state index contributed by atoms with van der Waals surface area (Å²) in [6.45, 7) is 4.63. The van der Waals surface area contributed by atoms with Crippen molar-refractivity contribution in [3.63, 3.8) is 0 Å². The summed E-state index contributed by atoms with van der Waals surface area (Å²) in [7, 11) is 0. The summed E-state index contributed by atoms with van der Waals surface area (Å²) in [5.41, 5.74) is 12.1. The summed E-state index contributed by atoms with van der Waals surface area (Å²) in [6.07, 6.45) is 0. The molecule has 0 saturated carbocycles. The molecule has 0 spiro atoms. The minimum Gasteiger partial charge on any atom is -0.309 e. The normalized spacial score (nSPS) is 13.5. The van der Waals surface area contributed by atoms with Crippen molar-refractivity contribution in [2.75, 3.05) is 0 Å². The average molecular weight is 653 g/mol. The Labute approximate surface area is 294 Å². The van der Waals surface area contributed by atoms with E-state index in [4.69, 9.17) is 9.97 Å². The third-order valence-electron chi connectivity index (χ3n) is 11.1. The van der Waals surface area contributed by atoms with Gasteiger partial charge in [-0.2, -0.15) is 0 Å². The van der Waals surface area contributed by atoms with E-state index in [0.717, 1.165) is 39.2 Å². The molecule has 10 aromatic rings. The molecule has 51 heavy (non-hydrogen) atoms. The van der Waals surface area contributed by atoms with Crippen molar-refractivity contribution in [1.82, 2.24) is 19.1 Å². The lowest BCUT2D eigenvalue weighted by Gasteiger charge is -2.21. The van der Waals surface area contributed by atoms with Crippen LogP contribution in [0.2, 0.25) is 0 Å². The summed E-state index contributed by atoms with van der Waals surface area (Å²) < 4.78 is 4.62. The van der Waals surface area contributed by atoms with E-state index in [0.29, 0.717) is 5.95 Å². The molecule has 0 atom stereocenters. The topological polar surface area (TPSA) is 35.6 Å². The Morgan fingerprint density at radius 1 is 0.451 bits per heavy atom. The quantitative estimate of drug-likeness (QED) is 0.190. The summed E-state index contributed by atoms with van der Waals surface area (Å²) in [4.78, 5) is 11.2. The zero-order valence-electron chi connectivity index (χ0n) is 28.3. The van der Waals surface area contributed by atoms with Crippen LogP contribution in [-0.4, -0.2) is 19.1 Å². The van der Waals surface area contributed by atoms with Gasteiger partial charge in [0.25, 0.3) is 0 Å². The Bertz CT molecular complexity index is 3000. The summed E-state index contributed by atoms with van der Waals surface area (Å²) in [6, 6.07) is 56.7. The van der Waals surface area contributed by atoms with Crippen LogP contribution in [0.4, 0.5) is 0 Å². The Morgan fingerprint density at radius 3 is 1.73 bits per heavy atom. The van der Waals surface area contributed by atoms with Crippen molar-refractivity contribution in [3.8, 4) is 34.0 Å². The first kappa shape index (κ1) is 28.3. The van der Waals surface area contributed by atoms with Gasteiger partial charge < -0.3 is 4.57 Å². The van der Waals surface area contributed by atoms with E-state index in [9.17, 15) is 0 Å². The van der Waals surface area contributed by atoms with E-state index < -0.39 is 0 Å². The molecule has 0 aliphatic heterocycles. The van der Waals surface area contributed by atoms with Crippen LogP contribution in [-0.2, 0) is 5.41 Å². The van der Waals surface area contributed by atoms with Crippen LogP contribution in [0.15, 0.2) is 158 Å². The molecule has 7 aromatic carbocycles. The maximum Gasteiger partial charge on any atom is 0.235 e. The predicted octanol–water partition coefficient (Wildman–Crippen LogP) is 11.8. The zero-order chi connectivity index (χ0) is 33.8. The second kappa shape index (κ2) is 10.3. The minimum absolute atomic E-state index is 0.340. The Kier molecular flexibility index (Phi) is 5.70. The minimum atomic E-state index is -0.340. The van der Waals surface area contributed by atoms with Gasteiger partial charge in [0, 0.05) is 43.8 Å². The predicted molar refractivity (Wildman–Crippen MR) is 211 cm³/mol. The van der Waals surface area contributed by atoms with Gasteiger partial charge in [-0.15, -0.1) is 0 Å². The van der Waals surface area contributed by atoms with Gasteiger partial charge in [0.2, 0.25) is 5.95 Å². The van der Waals surface area contributed by atoms with E-state index in [1.165, 1.54) is 54.5 Å². The second-order valence-electron chi connectivity index (χ2n) is 14.2. The van der Waals surface area contributed by atoms with Gasteiger partial charge >= 0.3 is 0 Å². The van der Waals surface area contributed by atoms with Crippen molar-refractivity contribution in [3.05, 3.63) is 169 Å². The molecule has 4 nitrogen and oxygen atoms in total. The van der Waals surface area contributed by atoms with Gasteiger partial charge in [-0.25, -0.2) is 9.97 Å². The number of rotatable bonds is 3. The zero-order valence-corrected chi connectivity index (χ0v) is 28.3. The number of hydrogen-bond donors (Lipinski definition) is 0. The third kappa shape index (κ3) is 3.85. The molecule has 11 rings (SSSR count). The average Bonchev–Trinajstić information content (AvgIpc) is 3.78. The van der Waals surface area contributed by atoms with Gasteiger partial charge in [0.15, 0.2) is 0 Å². The number of para-hydroxylation sites is 4. The molecule has 3 aromatic heterocycles. The van der Waals surface area contributed by atoms with Crippen molar-refractivity contribution < 1.29 is 0 Å². The molecule has 1 aliphatic carbocycles. The van der Waals surface area contributed by atoms with Crippen molar-refractivity contribution in [2.45, 2.75) is 19.3 Å². The summed E-state index contributed by atoms with van der Waals surface area (Å²) >= 11 is 0. The van der Waals surface area contributed by atoms with Gasteiger partial charge in [-0.3, -0.25) is 4.57 Å². The molecular formula is C47H32N4. The van der Waals surface area contributed by atoms with Crippen LogP contribution in [0.1, 0.15) is 25.1 Å². The first-order chi connectivity index (χ1) is 25.1. The first-order valence-corrected chi connectivity index (χ1v) is 17.6. The van der Waals surface area contributed by atoms with Crippen LogP contribution < -0.4 is 0 Å². The molecule has 0 bridgehead atoms. The van der Waals surface area contributed by atoms with Crippen LogP contribution >= 0.6 is 0 Å². The molecule has 3 heterocycles. The van der Waals surface area contributed by atoms with Crippen molar-refractivity contribution >= 4 is 54.4 Å².